The van der Waals surface area contributed by atoms with Crippen LogP contribution < -0.4 is 5.32 Å². The van der Waals surface area contributed by atoms with Gasteiger partial charge in [0.1, 0.15) is 0 Å². The van der Waals surface area contributed by atoms with Crippen LogP contribution in [0.2, 0.25) is 0 Å². The third kappa shape index (κ3) is 11.0. The number of aliphatic imine (C=N–C) groups is 1. The lowest BCUT2D eigenvalue weighted by Gasteiger charge is -1.92. The molecule has 0 atom stereocenters. The van der Waals surface area contributed by atoms with Gasteiger partial charge in [-0.3, -0.25) is 4.99 Å². The summed E-state index contributed by atoms with van der Waals surface area (Å²) in [5, 5.41) is 2.81. The molecule has 0 bridgehead atoms. The van der Waals surface area contributed by atoms with Gasteiger partial charge in [-0.2, -0.15) is 0 Å². The standard InChI is InChI=1S/C5H10N2.C2H6.H2/c1-4-7-5(2)6-3;1-2;/h4H,1H2,2-3H3,(H,6,7);1-2H3;1H. The van der Waals surface area contributed by atoms with Gasteiger partial charge in [-0.15, -0.1) is 0 Å². The molecule has 9 heavy (non-hydrogen) atoms. The summed E-state index contributed by atoms with van der Waals surface area (Å²) in [4.78, 5) is 3.81. The number of hydrogen-bond donors (Lipinski definition) is 1. The number of nitrogens with one attached hydrogen (secondary N) is 1. The van der Waals surface area contributed by atoms with E-state index in [1.165, 1.54) is 0 Å². The fraction of sp³-hybridized carbons (Fsp3) is 0.571. The zero-order valence-corrected chi connectivity index (χ0v) is 6.73. The number of hydrogen-bond acceptors (Lipinski definition) is 1. The van der Waals surface area contributed by atoms with E-state index < -0.39 is 0 Å². The van der Waals surface area contributed by atoms with Gasteiger partial charge in [-0.05, 0) is 13.1 Å². The Hall–Kier alpha value is -0.790. The third-order valence-electron chi connectivity index (χ3n) is 0.646. The molecule has 0 rings (SSSR count). The van der Waals surface area contributed by atoms with Crippen molar-refractivity contribution in [2.45, 2.75) is 20.8 Å². The Bertz CT molecular complexity index is 89.6. The van der Waals surface area contributed by atoms with Crippen LogP contribution in [0.4, 0.5) is 0 Å². The van der Waals surface area contributed by atoms with E-state index in [0.29, 0.717) is 0 Å². The van der Waals surface area contributed by atoms with Crippen LogP contribution in [0.5, 0.6) is 0 Å². The van der Waals surface area contributed by atoms with E-state index in [1.807, 2.05) is 20.8 Å². The van der Waals surface area contributed by atoms with Gasteiger partial charge in [0.2, 0.25) is 0 Å². The first-order valence-electron chi connectivity index (χ1n) is 3.12. The summed E-state index contributed by atoms with van der Waals surface area (Å²) in [6, 6.07) is 0. The lowest BCUT2D eigenvalue weighted by Crippen LogP contribution is -2.11. The molecule has 2 nitrogen and oxygen atoms in total. The number of nitrogens with zero attached hydrogens (tertiary/aromatic N) is 1. The topological polar surface area (TPSA) is 24.4 Å². The first-order valence-corrected chi connectivity index (χ1v) is 3.12. The maximum absolute atomic E-state index is 3.81. The number of rotatable bonds is 1. The summed E-state index contributed by atoms with van der Waals surface area (Å²) in [5.74, 6) is 0.884. The van der Waals surface area contributed by atoms with Crippen LogP contribution in [0.3, 0.4) is 0 Å². The van der Waals surface area contributed by atoms with Crippen molar-refractivity contribution in [3.05, 3.63) is 12.8 Å². The quantitative estimate of drug-likeness (QED) is 0.426. The van der Waals surface area contributed by atoms with E-state index >= 15 is 0 Å². The summed E-state index contributed by atoms with van der Waals surface area (Å²) in [5.41, 5.74) is 0. The maximum atomic E-state index is 3.81. The van der Waals surface area contributed by atoms with Crippen LogP contribution in [-0.2, 0) is 0 Å². The van der Waals surface area contributed by atoms with Crippen molar-refractivity contribution in [2.75, 3.05) is 7.05 Å². The van der Waals surface area contributed by atoms with E-state index in [0.717, 1.165) is 5.84 Å². The van der Waals surface area contributed by atoms with Crippen LogP contribution in [0.1, 0.15) is 22.2 Å². The molecule has 0 aliphatic heterocycles. The van der Waals surface area contributed by atoms with Gasteiger partial charge in [0, 0.05) is 8.47 Å². The Labute approximate surface area is 59.2 Å². The summed E-state index contributed by atoms with van der Waals surface area (Å²) in [6.45, 7) is 9.33. The molecule has 0 unspecified atom stereocenters. The second-order valence-electron chi connectivity index (χ2n) is 1.16. The Balaban J connectivity index is -0.000000149. The van der Waals surface area contributed by atoms with Gasteiger partial charge < -0.3 is 5.32 Å². The summed E-state index contributed by atoms with van der Waals surface area (Å²) < 4.78 is 0. The average molecular weight is 130 g/mol. The van der Waals surface area contributed by atoms with Crippen molar-refractivity contribution >= 4 is 5.84 Å². The Kier molecular flexibility index (Phi) is 12.6. The lowest BCUT2D eigenvalue weighted by molar-refractivity contribution is 1.22. The van der Waals surface area contributed by atoms with E-state index in [2.05, 4.69) is 16.9 Å². The Morgan fingerprint density at radius 1 is 1.67 bits per heavy atom. The van der Waals surface area contributed by atoms with E-state index in [9.17, 15) is 0 Å². The van der Waals surface area contributed by atoms with Crippen LogP contribution in [0.15, 0.2) is 17.8 Å². The molecule has 0 aliphatic rings. The molecule has 1 N–H and O–H groups in total. The summed E-state index contributed by atoms with van der Waals surface area (Å²) in [7, 11) is 1.73. The molecule has 0 amide bonds. The molecule has 2 heteroatoms. The van der Waals surface area contributed by atoms with Crippen LogP contribution in [-0.4, -0.2) is 12.9 Å². The van der Waals surface area contributed by atoms with Crippen molar-refractivity contribution in [3.63, 3.8) is 0 Å². The van der Waals surface area contributed by atoms with Crippen molar-refractivity contribution in [3.8, 4) is 0 Å². The third-order valence-corrected chi connectivity index (χ3v) is 0.646. The van der Waals surface area contributed by atoms with Crippen molar-refractivity contribution in [1.82, 2.24) is 5.32 Å². The first kappa shape index (κ1) is 11.1. The minimum atomic E-state index is 0. The fourth-order valence-electron chi connectivity index (χ4n) is 0.212. The summed E-state index contributed by atoms with van der Waals surface area (Å²) in [6.07, 6.45) is 1.60. The fourth-order valence-corrected chi connectivity index (χ4v) is 0.212. The van der Waals surface area contributed by atoms with Crippen LogP contribution >= 0.6 is 0 Å². The highest BCUT2D eigenvalue weighted by molar-refractivity contribution is 5.80. The molecule has 0 fully saturated rings. The van der Waals surface area contributed by atoms with E-state index in [4.69, 9.17) is 0 Å². The second-order valence-corrected chi connectivity index (χ2v) is 1.16. The normalized spacial score (nSPS) is 9.11. The maximum Gasteiger partial charge on any atom is 0.0967 e. The van der Waals surface area contributed by atoms with Gasteiger partial charge in [-0.25, -0.2) is 0 Å². The molecule has 0 heterocycles. The van der Waals surface area contributed by atoms with Gasteiger partial charge in [0.25, 0.3) is 0 Å². The smallest absolute Gasteiger partial charge is 0.0967 e. The monoisotopic (exact) mass is 130 g/mol. The highest BCUT2D eigenvalue weighted by atomic mass is 14.9. The Morgan fingerprint density at radius 3 is 2.22 bits per heavy atom. The van der Waals surface area contributed by atoms with Gasteiger partial charge in [0.05, 0.1) is 5.84 Å². The van der Waals surface area contributed by atoms with E-state index in [1.54, 1.807) is 13.2 Å². The van der Waals surface area contributed by atoms with Crippen molar-refractivity contribution < 1.29 is 1.43 Å². The number of amidine groups is 1. The molecule has 0 aliphatic carbocycles. The van der Waals surface area contributed by atoms with Crippen LogP contribution in [0.25, 0.3) is 0 Å². The molecule has 56 valence electrons. The van der Waals surface area contributed by atoms with Gasteiger partial charge >= 0.3 is 0 Å². The molecule has 0 aromatic rings. The Morgan fingerprint density at radius 2 is 2.11 bits per heavy atom. The minimum absolute atomic E-state index is 0. The molecule has 0 aromatic carbocycles. The van der Waals surface area contributed by atoms with Gasteiger partial charge in [-0.1, -0.05) is 20.4 Å². The largest absolute Gasteiger partial charge is 0.351 e. The summed E-state index contributed by atoms with van der Waals surface area (Å²) >= 11 is 0. The molecule has 0 aromatic heterocycles. The van der Waals surface area contributed by atoms with Crippen molar-refractivity contribution in [2.24, 2.45) is 4.99 Å². The molecule has 0 radical (unpaired) electrons. The second kappa shape index (κ2) is 10.2. The first-order chi connectivity index (χ1) is 4.31. The predicted molar refractivity (Wildman–Crippen MR) is 45.8 cm³/mol. The highest BCUT2D eigenvalue weighted by Gasteiger charge is 1.74. The molecule has 0 saturated heterocycles. The molecule has 0 saturated carbocycles. The SMILES string of the molecule is C=CNC(C)=NC.CC.[HH]. The molecule has 0 spiro atoms. The highest BCUT2D eigenvalue weighted by Crippen LogP contribution is 1.63. The zero-order valence-electron chi connectivity index (χ0n) is 6.73. The average Bonchev–Trinajstić information content (AvgIpc) is 1.93. The minimum Gasteiger partial charge on any atom is -0.351 e. The molecular weight excluding hydrogens is 112 g/mol. The predicted octanol–water partition coefficient (Wildman–Crippen LogP) is 2.04. The lowest BCUT2D eigenvalue weighted by atomic mass is 10.7. The van der Waals surface area contributed by atoms with Crippen molar-refractivity contribution in [1.29, 1.82) is 0 Å². The zero-order chi connectivity index (χ0) is 7.70. The molecular formula is C7H18N2. The van der Waals surface area contributed by atoms with Gasteiger partial charge in [0.15, 0.2) is 0 Å². The van der Waals surface area contributed by atoms with Crippen LogP contribution in [0, 0.1) is 0 Å². The van der Waals surface area contributed by atoms with E-state index in [-0.39, 0.29) is 1.43 Å².